The van der Waals surface area contributed by atoms with Gasteiger partial charge >= 0.3 is 0 Å². The molecule has 0 saturated carbocycles. The van der Waals surface area contributed by atoms with Crippen LogP contribution in [0.15, 0.2) is 29.3 Å². The average Bonchev–Trinajstić information content (AvgIpc) is 2.15. The third-order valence-electron chi connectivity index (χ3n) is 1.77. The van der Waals surface area contributed by atoms with E-state index in [2.05, 4.69) is 4.99 Å². The first-order valence-corrected chi connectivity index (χ1v) is 4.46. The predicted octanol–water partition coefficient (Wildman–Crippen LogP) is 2.46. The standard InChI is InChI=1S/C10H12ClNO/c1-12-7-6-10(13)8-2-4-9(11)5-3-8/h2-5,7,10,13H,6H2,1H3/b12-7-/t10-/m0/s1. The van der Waals surface area contributed by atoms with Crippen molar-refractivity contribution in [3.8, 4) is 0 Å². The topological polar surface area (TPSA) is 32.6 Å². The van der Waals surface area contributed by atoms with Gasteiger partial charge in [-0.3, -0.25) is 0 Å². The Bertz CT molecular complexity index is 281. The molecule has 0 aliphatic rings. The van der Waals surface area contributed by atoms with Gasteiger partial charge in [0.1, 0.15) is 0 Å². The van der Waals surface area contributed by atoms with Crippen LogP contribution in [0.1, 0.15) is 18.1 Å². The van der Waals surface area contributed by atoms with Crippen molar-refractivity contribution in [3.05, 3.63) is 34.9 Å². The van der Waals surface area contributed by atoms with Gasteiger partial charge in [-0.15, -0.1) is 0 Å². The van der Waals surface area contributed by atoms with E-state index in [4.69, 9.17) is 11.6 Å². The van der Waals surface area contributed by atoms with Crippen LogP contribution in [0.5, 0.6) is 0 Å². The van der Waals surface area contributed by atoms with Gasteiger partial charge in [-0.25, -0.2) is 0 Å². The molecule has 0 aromatic heterocycles. The van der Waals surface area contributed by atoms with E-state index < -0.39 is 6.10 Å². The van der Waals surface area contributed by atoms with Gasteiger partial charge in [-0.2, -0.15) is 0 Å². The molecule has 3 heteroatoms. The Kier molecular flexibility index (Phi) is 3.93. The van der Waals surface area contributed by atoms with Crippen molar-refractivity contribution < 1.29 is 5.11 Å². The predicted molar refractivity (Wildman–Crippen MR) is 55.4 cm³/mol. The van der Waals surface area contributed by atoms with Crippen LogP contribution in [0.3, 0.4) is 0 Å². The minimum Gasteiger partial charge on any atom is -0.388 e. The maximum absolute atomic E-state index is 9.61. The van der Waals surface area contributed by atoms with E-state index in [0.29, 0.717) is 11.4 Å². The molecule has 0 aliphatic carbocycles. The molecule has 2 nitrogen and oxygen atoms in total. The van der Waals surface area contributed by atoms with Crippen LogP contribution >= 0.6 is 11.6 Å². The monoisotopic (exact) mass is 197 g/mol. The number of benzene rings is 1. The first-order valence-electron chi connectivity index (χ1n) is 4.08. The zero-order chi connectivity index (χ0) is 9.68. The summed E-state index contributed by atoms with van der Waals surface area (Å²) >= 11 is 5.71. The number of aliphatic hydroxyl groups excluding tert-OH is 1. The van der Waals surface area contributed by atoms with Crippen molar-refractivity contribution in [3.63, 3.8) is 0 Å². The molecular weight excluding hydrogens is 186 g/mol. The summed E-state index contributed by atoms with van der Waals surface area (Å²) in [6, 6.07) is 7.17. The molecule has 13 heavy (non-hydrogen) atoms. The van der Waals surface area contributed by atoms with E-state index in [1.54, 1.807) is 25.4 Å². The van der Waals surface area contributed by atoms with Crippen LogP contribution in [0, 0.1) is 0 Å². The molecule has 70 valence electrons. The van der Waals surface area contributed by atoms with Crippen LogP contribution in [-0.2, 0) is 0 Å². The molecule has 0 radical (unpaired) electrons. The van der Waals surface area contributed by atoms with Crippen LogP contribution in [0.25, 0.3) is 0 Å². The molecule has 0 heterocycles. The largest absolute Gasteiger partial charge is 0.388 e. The number of halogens is 1. The van der Waals surface area contributed by atoms with Gasteiger partial charge in [0, 0.05) is 24.7 Å². The fourth-order valence-electron chi connectivity index (χ4n) is 1.03. The van der Waals surface area contributed by atoms with Crippen LogP contribution in [0.2, 0.25) is 5.02 Å². The van der Waals surface area contributed by atoms with E-state index in [1.165, 1.54) is 0 Å². The highest BCUT2D eigenvalue weighted by Crippen LogP contribution is 2.17. The Morgan fingerprint density at radius 2 is 2.08 bits per heavy atom. The van der Waals surface area contributed by atoms with E-state index in [1.807, 2.05) is 12.1 Å². The minimum atomic E-state index is -0.485. The fourth-order valence-corrected chi connectivity index (χ4v) is 1.15. The molecule has 1 N–H and O–H groups in total. The number of aliphatic imine (C=N–C) groups is 1. The van der Waals surface area contributed by atoms with Gasteiger partial charge < -0.3 is 10.1 Å². The zero-order valence-electron chi connectivity index (χ0n) is 7.44. The maximum Gasteiger partial charge on any atom is 0.0839 e. The van der Waals surface area contributed by atoms with Crippen molar-refractivity contribution in [2.24, 2.45) is 4.99 Å². The molecule has 0 bridgehead atoms. The summed E-state index contributed by atoms with van der Waals surface area (Å²) in [4.78, 5) is 3.81. The summed E-state index contributed by atoms with van der Waals surface area (Å²) in [5.41, 5.74) is 0.865. The fraction of sp³-hybridized carbons (Fsp3) is 0.300. The van der Waals surface area contributed by atoms with Crippen molar-refractivity contribution in [1.82, 2.24) is 0 Å². The molecule has 1 atom stereocenters. The Labute approximate surface area is 82.9 Å². The summed E-state index contributed by atoms with van der Waals surface area (Å²) < 4.78 is 0. The minimum absolute atomic E-state index is 0.485. The third-order valence-corrected chi connectivity index (χ3v) is 2.02. The van der Waals surface area contributed by atoms with Crippen molar-refractivity contribution in [2.75, 3.05) is 7.05 Å². The van der Waals surface area contributed by atoms with Crippen LogP contribution in [0.4, 0.5) is 0 Å². The average molecular weight is 198 g/mol. The first kappa shape index (κ1) is 10.2. The van der Waals surface area contributed by atoms with Crippen molar-refractivity contribution in [1.29, 1.82) is 0 Å². The number of rotatable bonds is 3. The molecular formula is C10H12ClNO. The van der Waals surface area contributed by atoms with Crippen LogP contribution in [-0.4, -0.2) is 18.4 Å². The number of hydrogen-bond acceptors (Lipinski definition) is 2. The molecule has 0 amide bonds. The number of aliphatic hydroxyl groups is 1. The lowest BCUT2D eigenvalue weighted by molar-refractivity contribution is 0.187. The summed E-state index contributed by atoms with van der Waals surface area (Å²) in [7, 11) is 1.69. The van der Waals surface area contributed by atoms with E-state index in [0.717, 1.165) is 5.56 Å². The second kappa shape index (κ2) is 5.00. The second-order valence-electron chi connectivity index (χ2n) is 2.74. The molecule has 0 unspecified atom stereocenters. The highest BCUT2D eigenvalue weighted by molar-refractivity contribution is 6.30. The van der Waals surface area contributed by atoms with E-state index in [9.17, 15) is 5.11 Å². The lowest BCUT2D eigenvalue weighted by atomic mass is 10.1. The van der Waals surface area contributed by atoms with Gasteiger partial charge in [0.25, 0.3) is 0 Å². The summed E-state index contributed by atoms with van der Waals surface area (Å²) in [5.74, 6) is 0. The van der Waals surface area contributed by atoms with Gasteiger partial charge in [-0.1, -0.05) is 23.7 Å². The van der Waals surface area contributed by atoms with Crippen molar-refractivity contribution >= 4 is 17.8 Å². The Balaban J connectivity index is 2.66. The lowest BCUT2D eigenvalue weighted by Gasteiger charge is -2.07. The summed E-state index contributed by atoms with van der Waals surface area (Å²) in [6.07, 6.45) is 1.75. The van der Waals surface area contributed by atoms with Crippen LogP contribution < -0.4 is 0 Å². The van der Waals surface area contributed by atoms with Crippen molar-refractivity contribution in [2.45, 2.75) is 12.5 Å². The summed E-state index contributed by atoms with van der Waals surface area (Å²) in [5, 5.41) is 10.3. The molecule has 0 spiro atoms. The summed E-state index contributed by atoms with van der Waals surface area (Å²) in [6.45, 7) is 0. The molecule has 0 saturated heterocycles. The maximum atomic E-state index is 9.61. The lowest BCUT2D eigenvalue weighted by Crippen LogP contribution is -1.97. The molecule has 0 aliphatic heterocycles. The third kappa shape index (κ3) is 3.17. The van der Waals surface area contributed by atoms with E-state index in [-0.39, 0.29) is 0 Å². The van der Waals surface area contributed by atoms with Gasteiger partial charge in [0.2, 0.25) is 0 Å². The highest BCUT2D eigenvalue weighted by atomic mass is 35.5. The number of nitrogens with zero attached hydrogens (tertiary/aromatic N) is 1. The molecule has 1 aromatic carbocycles. The SMILES string of the molecule is C/N=C\C[C@H](O)c1ccc(Cl)cc1. The first-order chi connectivity index (χ1) is 6.24. The smallest absolute Gasteiger partial charge is 0.0839 e. The molecule has 1 aromatic rings. The van der Waals surface area contributed by atoms with Gasteiger partial charge in [0.05, 0.1) is 6.10 Å². The zero-order valence-corrected chi connectivity index (χ0v) is 8.20. The molecule has 1 rings (SSSR count). The van der Waals surface area contributed by atoms with E-state index >= 15 is 0 Å². The highest BCUT2D eigenvalue weighted by Gasteiger charge is 2.04. The Hall–Kier alpha value is -0.860. The van der Waals surface area contributed by atoms with Gasteiger partial charge in [-0.05, 0) is 17.7 Å². The quantitative estimate of drug-likeness (QED) is 0.742. The number of hydrogen-bond donors (Lipinski definition) is 1. The second-order valence-corrected chi connectivity index (χ2v) is 3.18. The normalized spacial score (nSPS) is 13.5. The Morgan fingerprint density at radius 1 is 1.46 bits per heavy atom. The van der Waals surface area contributed by atoms with Gasteiger partial charge in [0.15, 0.2) is 0 Å². The Morgan fingerprint density at radius 3 is 2.62 bits per heavy atom. The molecule has 0 fully saturated rings.